The minimum Gasteiger partial charge on any atom is -0.288 e. The van der Waals surface area contributed by atoms with E-state index in [4.69, 9.17) is 12.2 Å². The highest BCUT2D eigenvalue weighted by atomic mass is 32.2. The molecule has 0 radical (unpaired) electrons. The molecule has 1 amide bonds. The van der Waals surface area contributed by atoms with Crippen molar-refractivity contribution >= 4 is 40.3 Å². The summed E-state index contributed by atoms with van der Waals surface area (Å²) in [4.78, 5) is 14.9. The molecular formula is C16H15N3OS2. The fourth-order valence-corrected chi connectivity index (χ4v) is 3.45. The number of carbonyl (C=O) groups excluding carboxylic acids is 1. The number of thioether (sulfide) groups is 1. The Bertz CT molecular complexity index is 765. The number of rotatable bonds is 3. The van der Waals surface area contributed by atoms with E-state index in [1.165, 1.54) is 11.8 Å². The maximum atomic E-state index is 12.6. The van der Waals surface area contributed by atoms with Gasteiger partial charge in [-0.05, 0) is 18.6 Å². The van der Waals surface area contributed by atoms with Gasteiger partial charge in [0.25, 0.3) is 5.91 Å². The largest absolute Gasteiger partial charge is 0.288 e. The Hall–Kier alpha value is -1.92. The maximum absolute atomic E-state index is 12.6. The Kier molecular flexibility index (Phi) is 4.13. The van der Waals surface area contributed by atoms with Gasteiger partial charge in [0.05, 0.1) is 17.6 Å². The zero-order chi connectivity index (χ0) is 15.7. The van der Waals surface area contributed by atoms with E-state index in [9.17, 15) is 4.79 Å². The highest BCUT2D eigenvalue weighted by Gasteiger charge is 2.32. The van der Waals surface area contributed by atoms with Gasteiger partial charge in [0.1, 0.15) is 4.32 Å². The minimum absolute atomic E-state index is 0.0397. The van der Waals surface area contributed by atoms with E-state index in [2.05, 4.69) is 5.10 Å². The van der Waals surface area contributed by atoms with Crippen LogP contribution in [0.15, 0.2) is 41.4 Å². The standard InChI is InChI=1S/C16H15N3OS2/c1-11-13(9-17-18(11)2)8-14-15(20)19(16(21)22-14)10-12-6-4-3-5-7-12/h3-9H,10H2,1-2H3/b14-8+. The number of benzene rings is 1. The summed E-state index contributed by atoms with van der Waals surface area (Å²) in [7, 11) is 1.88. The van der Waals surface area contributed by atoms with Crippen molar-refractivity contribution in [2.45, 2.75) is 13.5 Å². The summed E-state index contributed by atoms with van der Waals surface area (Å²) in [5.41, 5.74) is 3.04. The third kappa shape index (κ3) is 2.84. The van der Waals surface area contributed by atoms with Gasteiger partial charge in [0.2, 0.25) is 0 Å². The SMILES string of the molecule is Cc1c(/C=C2/SC(=S)N(Cc3ccccc3)C2=O)cnn1C. The van der Waals surface area contributed by atoms with E-state index in [0.717, 1.165) is 16.8 Å². The highest BCUT2D eigenvalue weighted by molar-refractivity contribution is 8.26. The van der Waals surface area contributed by atoms with Gasteiger partial charge in [0.15, 0.2) is 0 Å². The number of aromatic nitrogens is 2. The Morgan fingerprint density at radius 2 is 2.05 bits per heavy atom. The predicted octanol–water partition coefficient (Wildman–Crippen LogP) is 3.13. The van der Waals surface area contributed by atoms with Crippen LogP contribution in [-0.4, -0.2) is 24.9 Å². The van der Waals surface area contributed by atoms with Gasteiger partial charge >= 0.3 is 0 Å². The van der Waals surface area contributed by atoms with Crippen molar-refractivity contribution in [3.8, 4) is 0 Å². The normalized spacial score (nSPS) is 16.8. The van der Waals surface area contributed by atoms with Crippen molar-refractivity contribution in [3.05, 3.63) is 58.3 Å². The van der Waals surface area contributed by atoms with Crippen LogP contribution in [0.4, 0.5) is 0 Å². The van der Waals surface area contributed by atoms with Crippen LogP contribution in [0.2, 0.25) is 0 Å². The molecule has 1 fully saturated rings. The summed E-state index contributed by atoms with van der Waals surface area (Å²) in [6.07, 6.45) is 3.63. The van der Waals surface area contributed by atoms with Crippen LogP contribution in [0.3, 0.4) is 0 Å². The third-order valence-electron chi connectivity index (χ3n) is 3.62. The number of thiocarbonyl (C=S) groups is 1. The van der Waals surface area contributed by atoms with Gasteiger partial charge in [-0.15, -0.1) is 0 Å². The van der Waals surface area contributed by atoms with Crippen LogP contribution >= 0.6 is 24.0 Å². The van der Waals surface area contributed by atoms with Gasteiger partial charge in [0, 0.05) is 18.3 Å². The molecule has 1 aromatic carbocycles. The molecule has 0 bridgehead atoms. The first-order valence-corrected chi connectivity index (χ1v) is 8.06. The Morgan fingerprint density at radius 3 is 2.68 bits per heavy atom. The van der Waals surface area contributed by atoms with E-state index in [-0.39, 0.29) is 5.91 Å². The van der Waals surface area contributed by atoms with Gasteiger partial charge in [-0.1, -0.05) is 54.3 Å². The first kappa shape index (κ1) is 15.0. The molecule has 4 nitrogen and oxygen atoms in total. The molecule has 6 heteroatoms. The average Bonchev–Trinajstić information content (AvgIpc) is 2.96. The quantitative estimate of drug-likeness (QED) is 0.640. The fourth-order valence-electron chi connectivity index (χ4n) is 2.20. The molecular weight excluding hydrogens is 314 g/mol. The lowest BCUT2D eigenvalue weighted by atomic mass is 10.2. The second kappa shape index (κ2) is 6.06. The molecule has 2 aromatic rings. The van der Waals surface area contributed by atoms with Crippen molar-refractivity contribution < 1.29 is 4.79 Å². The van der Waals surface area contributed by atoms with Crippen LogP contribution in [-0.2, 0) is 18.4 Å². The molecule has 22 heavy (non-hydrogen) atoms. The second-order valence-electron chi connectivity index (χ2n) is 5.06. The molecule has 0 N–H and O–H groups in total. The Balaban J connectivity index is 1.84. The molecule has 0 spiro atoms. The molecule has 1 saturated heterocycles. The molecule has 1 aliphatic rings. The topological polar surface area (TPSA) is 38.1 Å². The summed E-state index contributed by atoms with van der Waals surface area (Å²) in [6.45, 7) is 2.48. The van der Waals surface area contributed by atoms with E-state index in [0.29, 0.717) is 15.8 Å². The number of amides is 1. The zero-order valence-electron chi connectivity index (χ0n) is 12.3. The Morgan fingerprint density at radius 1 is 1.32 bits per heavy atom. The van der Waals surface area contributed by atoms with E-state index in [1.807, 2.05) is 50.4 Å². The summed E-state index contributed by atoms with van der Waals surface area (Å²) in [5, 5.41) is 4.19. The lowest BCUT2D eigenvalue weighted by Crippen LogP contribution is -2.27. The lowest BCUT2D eigenvalue weighted by molar-refractivity contribution is -0.122. The molecule has 112 valence electrons. The van der Waals surface area contributed by atoms with Gasteiger partial charge in [-0.25, -0.2) is 0 Å². The van der Waals surface area contributed by atoms with Crippen molar-refractivity contribution in [2.75, 3.05) is 0 Å². The number of nitrogens with zero attached hydrogens (tertiary/aromatic N) is 3. The average molecular weight is 329 g/mol. The molecule has 0 saturated carbocycles. The number of aryl methyl sites for hydroxylation is 1. The molecule has 0 unspecified atom stereocenters. The van der Waals surface area contributed by atoms with Crippen molar-refractivity contribution in [3.63, 3.8) is 0 Å². The molecule has 0 atom stereocenters. The Labute approximate surface area is 138 Å². The number of hydrogen-bond donors (Lipinski definition) is 0. The lowest BCUT2D eigenvalue weighted by Gasteiger charge is -2.14. The van der Waals surface area contributed by atoms with E-state index < -0.39 is 0 Å². The monoisotopic (exact) mass is 329 g/mol. The predicted molar refractivity (Wildman–Crippen MR) is 93.1 cm³/mol. The van der Waals surface area contributed by atoms with Gasteiger partial charge in [-0.2, -0.15) is 5.10 Å². The highest BCUT2D eigenvalue weighted by Crippen LogP contribution is 2.33. The van der Waals surface area contributed by atoms with Crippen molar-refractivity contribution in [1.82, 2.24) is 14.7 Å². The first-order chi connectivity index (χ1) is 10.6. The van der Waals surface area contributed by atoms with Crippen molar-refractivity contribution in [1.29, 1.82) is 0 Å². The third-order valence-corrected chi connectivity index (χ3v) is 4.99. The molecule has 2 heterocycles. The summed E-state index contributed by atoms with van der Waals surface area (Å²) in [6, 6.07) is 9.86. The van der Waals surface area contributed by atoms with E-state index >= 15 is 0 Å². The summed E-state index contributed by atoms with van der Waals surface area (Å²) in [5.74, 6) is -0.0397. The smallest absolute Gasteiger partial charge is 0.266 e. The van der Waals surface area contributed by atoms with Gasteiger partial charge < -0.3 is 0 Å². The molecule has 0 aliphatic carbocycles. The van der Waals surface area contributed by atoms with Crippen LogP contribution in [0, 0.1) is 6.92 Å². The molecule has 1 aromatic heterocycles. The van der Waals surface area contributed by atoms with Crippen LogP contribution in [0.25, 0.3) is 6.08 Å². The zero-order valence-corrected chi connectivity index (χ0v) is 13.9. The first-order valence-electron chi connectivity index (χ1n) is 6.84. The summed E-state index contributed by atoms with van der Waals surface area (Å²) < 4.78 is 2.39. The maximum Gasteiger partial charge on any atom is 0.266 e. The fraction of sp³-hybridized carbons (Fsp3) is 0.188. The van der Waals surface area contributed by atoms with Gasteiger partial charge in [-0.3, -0.25) is 14.4 Å². The van der Waals surface area contributed by atoms with Crippen LogP contribution < -0.4 is 0 Å². The molecule has 3 rings (SSSR count). The molecule has 1 aliphatic heterocycles. The number of carbonyl (C=O) groups is 1. The second-order valence-corrected chi connectivity index (χ2v) is 6.74. The minimum atomic E-state index is -0.0397. The van der Waals surface area contributed by atoms with Crippen LogP contribution in [0.1, 0.15) is 16.8 Å². The number of hydrogen-bond acceptors (Lipinski definition) is 4. The van der Waals surface area contributed by atoms with Crippen LogP contribution in [0.5, 0.6) is 0 Å². The van der Waals surface area contributed by atoms with E-state index in [1.54, 1.807) is 15.8 Å². The van der Waals surface area contributed by atoms with Crippen molar-refractivity contribution in [2.24, 2.45) is 7.05 Å². The summed E-state index contributed by atoms with van der Waals surface area (Å²) >= 11 is 6.70.